The summed E-state index contributed by atoms with van der Waals surface area (Å²) in [5, 5.41) is 1.76. The van der Waals surface area contributed by atoms with Crippen LogP contribution in [0.5, 0.6) is 0 Å². The molecule has 0 aromatic heterocycles. The smallest absolute Gasteiger partial charge is 0.0592 e. The maximum atomic E-state index is 6.09. The first kappa shape index (κ1) is 11.9. The highest BCUT2D eigenvalue weighted by molar-refractivity contribution is 5.34. The van der Waals surface area contributed by atoms with Crippen LogP contribution in [0.15, 0.2) is 53.8 Å². The van der Waals surface area contributed by atoms with Crippen molar-refractivity contribution in [3.05, 3.63) is 59.3 Å². The Balaban J connectivity index is 2.03. The Morgan fingerprint density at radius 2 is 2.00 bits per heavy atom. The third-order valence-corrected chi connectivity index (χ3v) is 3.38. The third-order valence-electron chi connectivity index (χ3n) is 3.38. The van der Waals surface area contributed by atoms with Crippen LogP contribution >= 0.6 is 0 Å². The molecule has 1 aromatic rings. The molecular weight excluding hydrogens is 208 g/mol. The highest BCUT2D eigenvalue weighted by atomic mass is 15.4. The maximum absolute atomic E-state index is 6.09. The summed E-state index contributed by atoms with van der Waals surface area (Å²) in [6.45, 7) is 7.03. The van der Waals surface area contributed by atoms with Crippen LogP contribution in [0.4, 0.5) is 0 Å². The van der Waals surface area contributed by atoms with Gasteiger partial charge in [0, 0.05) is 5.70 Å². The molecule has 0 fully saturated rings. The van der Waals surface area contributed by atoms with Gasteiger partial charge in [0.25, 0.3) is 0 Å². The van der Waals surface area contributed by atoms with Crippen molar-refractivity contribution in [2.45, 2.75) is 32.7 Å². The van der Waals surface area contributed by atoms with E-state index in [1.165, 1.54) is 29.6 Å². The van der Waals surface area contributed by atoms with Gasteiger partial charge in [-0.05, 0) is 37.3 Å². The summed E-state index contributed by atoms with van der Waals surface area (Å²) in [6, 6.07) is 10.3. The predicted octanol–water partition coefficient (Wildman–Crippen LogP) is 3.38. The number of rotatable bonds is 4. The Kier molecular flexibility index (Phi) is 3.64. The average molecular weight is 228 g/mol. The Morgan fingerprint density at radius 3 is 2.59 bits per heavy atom. The second kappa shape index (κ2) is 5.19. The molecule has 0 heterocycles. The number of allylic oxidation sites excluding steroid dienone is 2. The average Bonchev–Trinajstić information content (AvgIpc) is 2.76. The van der Waals surface area contributed by atoms with Crippen molar-refractivity contribution in [1.29, 1.82) is 0 Å². The van der Waals surface area contributed by atoms with Gasteiger partial charge in [-0.1, -0.05) is 42.5 Å². The minimum atomic E-state index is 0.719. The molecule has 2 rings (SSSR count). The van der Waals surface area contributed by atoms with Gasteiger partial charge >= 0.3 is 0 Å². The zero-order valence-electron chi connectivity index (χ0n) is 10.4. The molecule has 2 heteroatoms. The number of hydrogen-bond acceptors (Lipinski definition) is 2. The van der Waals surface area contributed by atoms with Crippen LogP contribution in [0.2, 0.25) is 0 Å². The quantitative estimate of drug-likeness (QED) is 0.632. The highest BCUT2D eigenvalue weighted by Gasteiger charge is 2.16. The van der Waals surface area contributed by atoms with E-state index in [0.717, 1.165) is 18.7 Å². The molecule has 0 radical (unpaired) electrons. The minimum absolute atomic E-state index is 0.719. The summed E-state index contributed by atoms with van der Waals surface area (Å²) >= 11 is 0. The molecule has 1 aliphatic rings. The van der Waals surface area contributed by atoms with E-state index in [9.17, 15) is 0 Å². The van der Waals surface area contributed by atoms with Gasteiger partial charge in [-0.15, -0.1) is 0 Å². The fraction of sp³-hybridized carbons (Fsp3) is 0.333. The fourth-order valence-electron chi connectivity index (χ4n) is 2.33. The molecule has 0 unspecified atom stereocenters. The van der Waals surface area contributed by atoms with E-state index in [-0.39, 0.29) is 0 Å². The second-order valence-corrected chi connectivity index (χ2v) is 4.67. The first-order chi connectivity index (χ1) is 8.18. The van der Waals surface area contributed by atoms with Gasteiger partial charge in [0.1, 0.15) is 0 Å². The highest BCUT2D eigenvalue weighted by Crippen LogP contribution is 2.31. The lowest BCUT2D eigenvalue weighted by Gasteiger charge is -2.22. The third kappa shape index (κ3) is 2.77. The van der Waals surface area contributed by atoms with Crippen molar-refractivity contribution in [3.8, 4) is 0 Å². The molecule has 0 saturated carbocycles. The lowest BCUT2D eigenvalue weighted by Crippen LogP contribution is -2.30. The first-order valence-corrected chi connectivity index (χ1v) is 6.12. The Morgan fingerprint density at radius 1 is 1.29 bits per heavy atom. The summed E-state index contributed by atoms with van der Waals surface area (Å²) in [5.41, 5.74) is 4.98. The van der Waals surface area contributed by atoms with Gasteiger partial charge in [0.05, 0.1) is 6.54 Å². The molecule has 0 saturated heterocycles. The number of hydrogen-bond donors (Lipinski definition) is 1. The van der Waals surface area contributed by atoms with Crippen molar-refractivity contribution in [3.63, 3.8) is 0 Å². The van der Waals surface area contributed by atoms with E-state index in [1.807, 2.05) is 18.2 Å². The van der Waals surface area contributed by atoms with E-state index in [1.54, 1.807) is 5.01 Å². The zero-order valence-corrected chi connectivity index (χ0v) is 10.4. The largest absolute Gasteiger partial charge is 0.307 e. The summed E-state index contributed by atoms with van der Waals surface area (Å²) in [4.78, 5) is 0. The minimum Gasteiger partial charge on any atom is -0.307 e. The van der Waals surface area contributed by atoms with E-state index in [2.05, 4.69) is 25.6 Å². The van der Waals surface area contributed by atoms with Crippen LogP contribution in [-0.4, -0.2) is 5.01 Å². The number of hydrazine groups is 1. The Bertz CT molecular complexity index is 431. The zero-order chi connectivity index (χ0) is 12.3. The van der Waals surface area contributed by atoms with Crippen molar-refractivity contribution in [1.82, 2.24) is 5.01 Å². The lowest BCUT2D eigenvalue weighted by atomic mass is 10.1. The predicted molar refractivity (Wildman–Crippen MR) is 71.9 cm³/mol. The van der Waals surface area contributed by atoms with Crippen molar-refractivity contribution in [2.24, 2.45) is 5.84 Å². The molecule has 0 bridgehead atoms. The van der Waals surface area contributed by atoms with E-state index >= 15 is 0 Å². The lowest BCUT2D eigenvalue weighted by molar-refractivity contribution is 0.358. The van der Waals surface area contributed by atoms with E-state index in [0.29, 0.717) is 0 Å². The van der Waals surface area contributed by atoms with Crippen LogP contribution in [0, 0.1) is 0 Å². The molecule has 1 aliphatic carbocycles. The molecule has 0 aliphatic heterocycles. The maximum Gasteiger partial charge on any atom is 0.0592 e. The fourth-order valence-corrected chi connectivity index (χ4v) is 2.33. The number of nitrogens with zero attached hydrogens (tertiary/aromatic N) is 1. The van der Waals surface area contributed by atoms with E-state index < -0.39 is 0 Å². The van der Waals surface area contributed by atoms with Gasteiger partial charge < -0.3 is 5.01 Å². The van der Waals surface area contributed by atoms with Crippen LogP contribution in [-0.2, 0) is 6.54 Å². The summed E-state index contributed by atoms with van der Waals surface area (Å²) in [7, 11) is 0. The standard InChI is InChI=1S/C15H20N2/c1-12-7-6-10-15(12)13(2)17(16)11-14-8-4-3-5-9-14/h3-5,8-9H,2,6-7,10-11,16H2,1H3. The second-order valence-electron chi connectivity index (χ2n) is 4.67. The molecule has 0 atom stereocenters. The molecule has 2 N–H and O–H groups in total. The van der Waals surface area contributed by atoms with Gasteiger partial charge in [0.2, 0.25) is 0 Å². The summed E-state index contributed by atoms with van der Waals surface area (Å²) in [5.74, 6) is 6.09. The Labute approximate surface area is 103 Å². The number of nitrogens with two attached hydrogens (primary N) is 1. The molecule has 0 amide bonds. The SMILES string of the molecule is C=C(C1=C(C)CCC1)N(N)Cc1ccccc1. The van der Waals surface area contributed by atoms with Gasteiger partial charge in [-0.25, -0.2) is 5.84 Å². The van der Waals surface area contributed by atoms with Crippen LogP contribution in [0.3, 0.4) is 0 Å². The molecular formula is C15H20N2. The topological polar surface area (TPSA) is 29.3 Å². The van der Waals surface area contributed by atoms with Gasteiger partial charge in [0.15, 0.2) is 0 Å². The van der Waals surface area contributed by atoms with E-state index in [4.69, 9.17) is 5.84 Å². The van der Waals surface area contributed by atoms with Crippen LogP contribution in [0.1, 0.15) is 31.7 Å². The van der Waals surface area contributed by atoms with Gasteiger partial charge in [-0.3, -0.25) is 0 Å². The molecule has 0 spiro atoms. The van der Waals surface area contributed by atoms with Crippen molar-refractivity contribution >= 4 is 0 Å². The number of benzene rings is 1. The van der Waals surface area contributed by atoms with Gasteiger partial charge in [-0.2, -0.15) is 0 Å². The molecule has 90 valence electrons. The monoisotopic (exact) mass is 228 g/mol. The van der Waals surface area contributed by atoms with Crippen LogP contribution < -0.4 is 5.84 Å². The molecule has 17 heavy (non-hydrogen) atoms. The summed E-state index contributed by atoms with van der Waals surface area (Å²) < 4.78 is 0. The van der Waals surface area contributed by atoms with Crippen molar-refractivity contribution in [2.75, 3.05) is 0 Å². The normalized spacial score (nSPS) is 15.2. The van der Waals surface area contributed by atoms with Crippen LogP contribution in [0.25, 0.3) is 0 Å². The molecule has 2 nitrogen and oxygen atoms in total. The first-order valence-electron chi connectivity index (χ1n) is 6.12. The Hall–Kier alpha value is -1.54. The summed E-state index contributed by atoms with van der Waals surface area (Å²) in [6.07, 6.45) is 3.54. The molecule has 1 aromatic carbocycles. The van der Waals surface area contributed by atoms with Crippen molar-refractivity contribution < 1.29 is 0 Å².